The van der Waals surface area contributed by atoms with Crippen LogP contribution in [-0.4, -0.2) is 28.9 Å². The largest absolute Gasteiger partial charge is 0.481 e. The second kappa shape index (κ2) is 6.75. The van der Waals surface area contributed by atoms with Crippen molar-refractivity contribution >= 4 is 34.8 Å². The zero-order valence-corrected chi connectivity index (χ0v) is 11.9. The van der Waals surface area contributed by atoms with E-state index in [0.717, 1.165) is 4.88 Å². The van der Waals surface area contributed by atoms with Gasteiger partial charge in [0.25, 0.3) is 0 Å². The van der Waals surface area contributed by atoms with Crippen LogP contribution in [0.5, 0.6) is 0 Å². The Balaban J connectivity index is 2.44. The van der Waals surface area contributed by atoms with Gasteiger partial charge in [0.05, 0.1) is 10.9 Å². The molecular weight excluding hydrogens is 274 g/mol. The minimum absolute atomic E-state index is 0.0183. The molecule has 1 unspecified atom stereocenters. The van der Waals surface area contributed by atoms with Gasteiger partial charge in [-0.3, -0.25) is 9.59 Å². The molecule has 100 valence electrons. The number of carbonyl (C=O) groups is 2. The maximum atomic E-state index is 11.9. The van der Waals surface area contributed by atoms with Gasteiger partial charge in [-0.25, -0.2) is 0 Å². The molecule has 1 aromatic heterocycles. The number of aliphatic carboxylic acids is 1. The van der Waals surface area contributed by atoms with E-state index >= 15 is 0 Å². The number of hydrogen-bond donors (Lipinski definition) is 1. The van der Waals surface area contributed by atoms with Crippen molar-refractivity contribution in [2.45, 2.75) is 26.3 Å². The van der Waals surface area contributed by atoms with Crippen molar-refractivity contribution in [3.63, 3.8) is 0 Å². The maximum Gasteiger partial charge on any atom is 0.303 e. The third-order valence-corrected chi connectivity index (χ3v) is 3.71. The zero-order chi connectivity index (χ0) is 13.7. The Morgan fingerprint density at radius 1 is 1.44 bits per heavy atom. The van der Waals surface area contributed by atoms with Crippen LogP contribution in [0.4, 0.5) is 0 Å². The molecule has 0 aliphatic carbocycles. The van der Waals surface area contributed by atoms with E-state index in [1.54, 1.807) is 24.9 Å². The van der Waals surface area contributed by atoms with Gasteiger partial charge in [-0.1, -0.05) is 18.5 Å². The summed E-state index contributed by atoms with van der Waals surface area (Å²) in [6, 6.07) is 3.68. The average molecular weight is 290 g/mol. The molecule has 0 aliphatic heterocycles. The molecule has 1 amide bonds. The summed E-state index contributed by atoms with van der Waals surface area (Å²) in [5.41, 5.74) is 0. The normalized spacial score (nSPS) is 12.2. The first-order valence-electron chi connectivity index (χ1n) is 5.58. The molecule has 4 nitrogen and oxygen atoms in total. The van der Waals surface area contributed by atoms with E-state index in [9.17, 15) is 9.59 Å². The summed E-state index contributed by atoms with van der Waals surface area (Å²) < 4.78 is 0.699. The minimum atomic E-state index is -0.872. The number of nitrogens with zero attached hydrogens (tertiary/aromatic N) is 1. The predicted molar refractivity (Wildman–Crippen MR) is 71.8 cm³/mol. The van der Waals surface area contributed by atoms with Crippen molar-refractivity contribution in [3.05, 3.63) is 21.3 Å². The van der Waals surface area contributed by atoms with Gasteiger partial charge in [0, 0.05) is 24.8 Å². The number of carboxylic acid groups (broad SMARTS) is 1. The van der Waals surface area contributed by atoms with Crippen LogP contribution in [0.3, 0.4) is 0 Å². The lowest BCUT2D eigenvalue weighted by molar-refractivity contribution is -0.138. The molecule has 0 spiro atoms. The van der Waals surface area contributed by atoms with Crippen molar-refractivity contribution in [2.24, 2.45) is 5.92 Å². The van der Waals surface area contributed by atoms with Crippen LogP contribution in [0, 0.1) is 5.92 Å². The molecule has 0 saturated carbocycles. The Hall–Kier alpha value is -1.07. The van der Waals surface area contributed by atoms with E-state index in [1.807, 2.05) is 6.07 Å². The Morgan fingerprint density at radius 2 is 2.11 bits per heavy atom. The smallest absolute Gasteiger partial charge is 0.303 e. The second-order valence-electron chi connectivity index (χ2n) is 4.36. The lowest BCUT2D eigenvalue weighted by Crippen LogP contribution is -2.27. The predicted octanol–water partition coefficient (Wildman–Crippen LogP) is 2.86. The van der Waals surface area contributed by atoms with Crippen molar-refractivity contribution < 1.29 is 14.7 Å². The van der Waals surface area contributed by atoms with Gasteiger partial charge in [0.1, 0.15) is 0 Å². The van der Waals surface area contributed by atoms with Crippen molar-refractivity contribution in [2.75, 3.05) is 7.05 Å². The molecule has 1 aromatic rings. The van der Waals surface area contributed by atoms with Gasteiger partial charge >= 0.3 is 5.97 Å². The van der Waals surface area contributed by atoms with Gasteiger partial charge in [-0.2, -0.15) is 0 Å². The van der Waals surface area contributed by atoms with Crippen molar-refractivity contribution in [1.29, 1.82) is 0 Å². The van der Waals surface area contributed by atoms with Crippen LogP contribution in [0.15, 0.2) is 12.1 Å². The summed E-state index contributed by atoms with van der Waals surface area (Å²) in [5.74, 6) is -1.07. The maximum absolute atomic E-state index is 11.9. The highest BCUT2D eigenvalue weighted by Crippen LogP contribution is 2.22. The van der Waals surface area contributed by atoms with Crippen LogP contribution in [-0.2, 0) is 16.1 Å². The molecule has 6 heteroatoms. The highest BCUT2D eigenvalue weighted by molar-refractivity contribution is 7.16. The molecular formula is C12H16ClNO3S. The highest BCUT2D eigenvalue weighted by Gasteiger charge is 2.16. The third kappa shape index (κ3) is 5.06. The van der Waals surface area contributed by atoms with Crippen LogP contribution >= 0.6 is 22.9 Å². The van der Waals surface area contributed by atoms with Crippen molar-refractivity contribution in [1.82, 2.24) is 4.90 Å². The first-order chi connectivity index (χ1) is 8.38. The Morgan fingerprint density at radius 3 is 2.61 bits per heavy atom. The standard InChI is InChI=1S/C12H16ClNO3S/c1-8(6-12(16)17)5-11(15)14(2)7-9-3-4-10(13)18-9/h3-4,8H,5-7H2,1-2H3,(H,16,17). The SMILES string of the molecule is CC(CC(=O)O)CC(=O)N(C)Cc1ccc(Cl)s1. The molecule has 0 saturated heterocycles. The van der Waals surface area contributed by atoms with Gasteiger partial charge in [0.2, 0.25) is 5.91 Å². The minimum Gasteiger partial charge on any atom is -0.481 e. The number of thiophene rings is 1. The van der Waals surface area contributed by atoms with Gasteiger partial charge in [0.15, 0.2) is 0 Å². The van der Waals surface area contributed by atoms with E-state index in [4.69, 9.17) is 16.7 Å². The molecule has 0 radical (unpaired) electrons. The number of carbonyl (C=O) groups excluding carboxylic acids is 1. The van der Waals surface area contributed by atoms with E-state index in [-0.39, 0.29) is 24.7 Å². The second-order valence-corrected chi connectivity index (χ2v) is 6.16. The third-order valence-electron chi connectivity index (χ3n) is 2.49. The molecule has 1 N–H and O–H groups in total. The fraction of sp³-hybridized carbons (Fsp3) is 0.500. The molecule has 0 aromatic carbocycles. The lowest BCUT2D eigenvalue weighted by atomic mass is 10.0. The summed E-state index contributed by atoms with van der Waals surface area (Å²) >= 11 is 7.26. The van der Waals surface area contributed by atoms with E-state index in [0.29, 0.717) is 10.9 Å². The monoisotopic (exact) mass is 289 g/mol. The van der Waals surface area contributed by atoms with Crippen LogP contribution in [0.25, 0.3) is 0 Å². The van der Waals surface area contributed by atoms with Gasteiger partial charge in [-0.05, 0) is 18.1 Å². The van der Waals surface area contributed by atoms with E-state index in [2.05, 4.69) is 0 Å². The number of halogens is 1. The fourth-order valence-corrected chi connectivity index (χ4v) is 2.72. The molecule has 0 aliphatic rings. The molecule has 1 atom stereocenters. The molecule has 0 bridgehead atoms. The Bertz CT molecular complexity index is 433. The molecule has 0 fully saturated rings. The van der Waals surface area contributed by atoms with Gasteiger partial charge in [-0.15, -0.1) is 11.3 Å². The first kappa shape index (κ1) is 15.0. The Kier molecular flexibility index (Phi) is 5.62. The summed E-state index contributed by atoms with van der Waals surface area (Å²) in [6.45, 7) is 2.28. The number of carboxylic acids is 1. The number of amides is 1. The summed E-state index contributed by atoms with van der Waals surface area (Å²) in [7, 11) is 1.71. The molecule has 1 heterocycles. The van der Waals surface area contributed by atoms with Crippen LogP contribution in [0.1, 0.15) is 24.6 Å². The molecule has 1 rings (SSSR count). The lowest BCUT2D eigenvalue weighted by Gasteiger charge is -2.18. The van der Waals surface area contributed by atoms with Gasteiger partial charge < -0.3 is 10.0 Å². The number of hydrogen-bond acceptors (Lipinski definition) is 3. The quantitative estimate of drug-likeness (QED) is 0.876. The van der Waals surface area contributed by atoms with E-state index < -0.39 is 5.97 Å². The summed E-state index contributed by atoms with van der Waals surface area (Å²) in [4.78, 5) is 25.0. The van der Waals surface area contributed by atoms with Crippen molar-refractivity contribution in [3.8, 4) is 0 Å². The van der Waals surface area contributed by atoms with Crippen LogP contribution < -0.4 is 0 Å². The zero-order valence-electron chi connectivity index (χ0n) is 10.4. The summed E-state index contributed by atoms with van der Waals surface area (Å²) in [5, 5.41) is 8.64. The Labute approximate surface area is 115 Å². The summed E-state index contributed by atoms with van der Waals surface area (Å²) in [6.07, 6.45) is 0.270. The van der Waals surface area contributed by atoms with Crippen LogP contribution in [0.2, 0.25) is 4.34 Å². The fourth-order valence-electron chi connectivity index (χ4n) is 1.58. The number of rotatable bonds is 6. The first-order valence-corrected chi connectivity index (χ1v) is 6.78. The average Bonchev–Trinajstić information content (AvgIpc) is 2.62. The highest BCUT2D eigenvalue weighted by atomic mass is 35.5. The molecule has 18 heavy (non-hydrogen) atoms. The van der Waals surface area contributed by atoms with E-state index in [1.165, 1.54) is 11.3 Å². The topological polar surface area (TPSA) is 57.6 Å².